The van der Waals surface area contributed by atoms with E-state index in [-0.39, 0.29) is 9.92 Å². The number of anilines is 1. The first-order valence-electron chi connectivity index (χ1n) is 6.07. The van der Waals surface area contributed by atoms with Crippen molar-refractivity contribution in [3.8, 4) is 0 Å². The number of hydrogen-bond donors (Lipinski definition) is 3. The Morgan fingerprint density at radius 1 is 1.38 bits per heavy atom. The van der Waals surface area contributed by atoms with Gasteiger partial charge in [0.25, 0.3) is 0 Å². The zero-order valence-electron chi connectivity index (χ0n) is 11.5. The number of nitrogen functional groups attached to an aromatic ring is 1. The molecular formula is C12H16ClN3O4S. The van der Waals surface area contributed by atoms with Crippen LogP contribution in [0.1, 0.15) is 13.8 Å². The molecule has 0 fully saturated rings. The fourth-order valence-corrected chi connectivity index (χ4v) is 3.32. The summed E-state index contributed by atoms with van der Waals surface area (Å²) >= 11 is 5.85. The summed E-state index contributed by atoms with van der Waals surface area (Å²) in [5, 5.41) is 2.74. The molecule has 0 heterocycles. The molecule has 0 aromatic heterocycles. The van der Waals surface area contributed by atoms with Crippen LogP contribution >= 0.6 is 11.6 Å². The molecule has 0 bridgehead atoms. The van der Waals surface area contributed by atoms with Crippen LogP contribution in [0.25, 0.3) is 0 Å². The van der Waals surface area contributed by atoms with Crippen molar-refractivity contribution < 1.29 is 18.0 Å². The van der Waals surface area contributed by atoms with Gasteiger partial charge in [0.15, 0.2) is 9.84 Å². The quantitative estimate of drug-likeness (QED) is 0.708. The van der Waals surface area contributed by atoms with Crippen molar-refractivity contribution in [2.75, 3.05) is 12.3 Å². The highest BCUT2D eigenvalue weighted by molar-refractivity contribution is 7.92. The molecule has 0 saturated carbocycles. The van der Waals surface area contributed by atoms with Crippen molar-refractivity contribution in [1.82, 2.24) is 10.6 Å². The van der Waals surface area contributed by atoms with Crippen LogP contribution < -0.4 is 16.4 Å². The molecule has 0 spiro atoms. The number of rotatable bonds is 4. The normalized spacial score (nSPS) is 12.5. The minimum absolute atomic E-state index is 0.0762. The molecule has 0 aliphatic carbocycles. The first-order valence-corrected chi connectivity index (χ1v) is 8.00. The van der Waals surface area contributed by atoms with E-state index in [0.717, 1.165) is 0 Å². The van der Waals surface area contributed by atoms with Crippen LogP contribution in [0, 0.1) is 0 Å². The van der Waals surface area contributed by atoms with Crippen molar-refractivity contribution in [3.63, 3.8) is 0 Å². The van der Waals surface area contributed by atoms with Crippen molar-refractivity contribution in [1.29, 1.82) is 0 Å². The van der Waals surface area contributed by atoms with Gasteiger partial charge in [0.05, 0.1) is 9.92 Å². The highest BCUT2D eigenvalue weighted by atomic mass is 35.5. The summed E-state index contributed by atoms with van der Waals surface area (Å²) in [5.74, 6) is -0.936. The average molecular weight is 334 g/mol. The number of hydrogen-bond acceptors (Lipinski definition) is 5. The number of carbonyl (C=O) groups excluding carboxylic acids is 2. The van der Waals surface area contributed by atoms with Gasteiger partial charge in [-0.3, -0.25) is 10.1 Å². The number of nitrogens with two attached hydrogens (primary N) is 1. The highest BCUT2D eigenvalue weighted by Gasteiger charge is 2.32. The number of amides is 3. The summed E-state index contributed by atoms with van der Waals surface area (Å²) in [6.45, 7) is 3.15. The number of carbonyl (C=O) groups is 2. The van der Waals surface area contributed by atoms with Gasteiger partial charge in [-0.2, -0.15) is 0 Å². The van der Waals surface area contributed by atoms with Gasteiger partial charge in [-0.15, -0.1) is 0 Å². The van der Waals surface area contributed by atoms with Crippen LogP contribution in [-0.4, -0.2) is 32.2 Å². The minimum Gasteiger partial charge on any atom is -0.399 e. The predicted molar refractivity (Wildman–Crippen MR) is 79.7 cm³/mol. The Morgan fingerprint density at radius 2 is 2.00 bits per heavy atom. The Morgan fingerprint density at radius 3 is 2.52 bits per heavy atom. The molecule has 1 unspecified atom stereocenters. The minimum atomic E-state index is -4.03. The van der Waals surface area contributed by atoms with Gasteiger partial charge < -0.3 is 11.1 Å². The second-order valence-electron chi connectivity index (χ2n) is 4.23. The number of halogens is 1. The van der Waals surface area contributed by atoms with E-state index in [0.29, 0.717) is 12.2 Å². The Labute approximate surface area is 127 Å². The van der Waals surface area contributed by atoms with E-state index in [1.165, 1.54) is 25.1 Å². The van der Waals surface area contributed by atoms with E-state index in [1.54, 1.807) is 6.92 Å². The molecule has 7 nitrogen and oxygen atoms in total. The molecule has 9 heteroatoms. The first-order chi connectivity index (χ1) is 9.70. The molecule has 1 rings (SSSR count). The summed E-state index contributed by atoms with van der Waals surface area (Å²) in [6.07, 6.45) is 0. The van der Waals surface area contributed by atoms with Crippen molar-refractivity contribution in [2.45, 2.75) is 24.0 Å². The largest absolute Gasteiger partial charge is 0.399 e. The van der Waals surface area contributed by atoms with Crippen molar-refractivity contribution in [2.24, 2.45) is 0 Å². The molecule has 0 aliphatic heterocycles. The number of sulfone groups is 1. The predicted octanol–water partition coefficient (Wildman–Crippen LogP) is 0.930. The van der Waals surface area contributed by atoms with Crippen LogP contribution in [0.15, 0.2) is 23.1 Å². The van der Waals surface area contributed by atoms with Gasteiger partial charge in [0.2, 0.25) is 5.91 Å². The number of nitrogens with one attached hydrogen (secondary N) is 2. The van der Waals surface area contributed by atoms with Crippen molar-refractivity contribution >= 4 is 39.1 Å². The fraction of sp³-hybridized carbons (Fsp3) is 0.333. The van der Waals surface area contributed by atoms with E-state index in [2.05, 4.69) is 5.32 Å². The maximum atomic E-state index is 12.3. The molecule has 0 radical (unpaired) electrons. The van der Waals surface area contributed by atoms with E-state index in [9.17, 15) is 18.0 Å². The van der Waals surface area contributed by atoms with E-state index < -0.39 is 27.0 Å². The number of benzene rings is 1. The number of imide groups is 1. The topological polar surface area (TPSA) is 118 Å². The standard InChI is InChI=1S/C12H16ClN3O4S/c1-3-15-12(18)16-11(17)7(2)21(19,20)10-5-4-8(14)6-9(10)13/h4-7H,3,14H2,1-2H3,(H2,15,16,17,18). The fourth-order valence-electron chi connectivity index (χ4n) is 1.50. The zero-order chi connectivity index (χ0) is 16.2. The van der Waals surface area contributed by atoms with Crippen LogP contribution in [0.5, 0.6) is 0 Å². The Hall–Kier alpha value is -1.80. The summed E-state index contributed by atoms with van der Waals surface area (Å²) in [5.41, 5.74) is 5.80. The van der Waals surface area contributed by atoms with Gasteiger partial charge in [0, 0.05) is 12.2 Å². The van der Waals surface area contributed by atoms with E-state index in [1.807, 2.05) is 5.32 Å². The van der Waals surface area contributed by atoms with Crippen molar-refractivity contribution in [3.05, 3.63) is 23.2 Å². The zero-order valence-corrected chi connectivity index (χ0v) is 13.1. The van der Waals surface area contributed by atoms with E-state index in [4.69, 9.17) is 17.3 Å². The second-order valence-corrected chi connectivity index (χ2v) is 6.87. The Bertz CT molecular complexity index is 660. The Balaban J connectivity index is 3.01. The average Bonchev–Trinajstić information content (AvgIpc) is 2.37. The molecule has 1 atom stereocenters. The highest BCUT2D eigenvalue weighted by Crippen LogP contribution is 2.26. The summed E-state index contributed by atoms with van der Waals surface area (Å²) in [6, 6.07) is 3.12. The lowest BCUT2D eigenvalue weighted by Crippen LogP contribution is -2.45. The lowest BCUT2D eigenvalue weighted by Gasteiger charge is -2.14. The molecule has 1 aromatic carbocycles. The van der Waals surface area contributed by atoms with Crippen LogP contribution in [0.4, 0.5) is 10.5 Å². The molecule has 0 saturated heterocycles. The third-order valence-corrected chi connectivity index (χ3v) is 5.21. The van der Waals surface area contributed by atoms with Gasteiger partial charge in [0.1, 0.15) is 5.25 Å². The smallest absolute Gasteiger partial charge is 0.321 e. The summed E-state index contributed by atoms with van der Waals surface area (Å²) in [4.78, 5) is 22.8. The molecule has 1 aromatic rings. The molecule has 0 aliphatic rings. The third kappa shape index (κ3) is 4.08. The van der Waals surface area contributed by atoms with Crippen LogP contribution in [0.2, 0.25) is 5.02 Å². The summed E-state index contributed by atoms with van der Waals surface area (Å²) in [7, 11) is -4.03. The maximum Gasteiger partial charge on any atom is 0.321 e. The third-order valence-electron chi connectivity index (χ3n) is 2.67. The Kier molecular flexibility index (Phi) is 5.56. The lowest BCUT2D eigenvalue weighted by molar-refractivity contribution is -0.119. The SMILES string of the molecule is CCNC(=O)NC(=O)C(C)S(=O)(=O)c1ccc(N)cc1Cl. The number of urea groups is 1. The van der Waals surface area contributed by atoms with Crippen LogP contribution in [-0.2, 0) is 14.6 Å². The van der Waals surface area contributed by atoms with E-state index >= 15 is 0 Å². The molecular weight excluding hydrogens is 318 g/mol. The molecule has 4 N–H and O–H groups in total. The first kappa shape index (κ1) is 17.3. The second kappa shape index (κ2) is 6.77. The van der Waals surface area contributed by atoms with Gasteiger partial charge in [-0.1, -0.05) is 11.6 Å². The van der Waals surface area contributed by atoms with Crippen LogP contribution in [0.3, 0.4) is 0 Å². The monoisotopic (exact) mass is 333 g/mol. The van der Waals surface area contributed by atoms with Gasteiger partial charge >= 0.3 is 6.03 Å². The molecule has 21 heavy (non-hydrogen) atoms. The van der Waals surface area contributed by atoms with Gasteiger partial charge in [-0.25, -0.2) is 13.2 Å². The molecule has 3 amide bonds. The summed E-state index contributed by atoms with van der Waals surface area (Å²) < 4.78 is 24.7. The van der Waals surface area contributed by atoms with Gasteiger partial charge in [-0.05, 0) is 32.0 Å². The maximum absolute atomic E-state index is 12.3. The molecule has 116 valence electrons. The lowest BCUT2D eigenvalue weighted by atomic mass is 10.3.